The number of nitrogens with zero attached hydrogens (tertiary/aromatic N) is 3. The van der Waals surface area contributed by atoms with Gasteiger partial charge >= 0.3 is 8.25 Å². The molecule has 33 heavy (non-hydrogen) atoms. The van der Waals surface area contributed by atoms with Gasteiger partial charge in [-0.15, -0.1) is 0 Å². The Morgan fingerprint density at radius 3 is 2.27 bits per heavy atom. The van der Waals surface area contributed by atoms with Crippen LogP contribution in [0.15, 0.2) is 85.2 Å². The Labute approximate surface area is 189 Å². The average Bonchev–Trinajstić information content (AvgIpc) is 2.84. The van der Waals surface area contributed by atoms with Crippen molar-refractivity contribution in [3.63, 3.8) is 0 Å². The Bertz CT molecular complexity index is 1270. The van der Waals surface area contributed by atoms with E-state index in [2.05, 4.69) is 20.3 Å². The van der Waals surface area contributed by atoms with Crippen molar-refractivity contribution in [1.82, 2.24) is 20.3 Å². The van der Waals surface area contributed by atoms with Crippen LogP contribution in [0.2, 0.25) is 0 Å². The summed E-state index contributed by atoms with van der Waals surface area (Å²) in [6.07, 6.45) is 2.83. The van der Waals surface area contributed by atoms with Gasteiger partial charge in [-0.05, 0) is 35.4 Å². The van der Waals surface area contributed by atoms with Crippen molar-refractivity contribution in [2.75, 3.05) is 0 Å². The van der Waals surface area contributed by atoms with Crippen molar-refractivity contribution in [3.8, 4) is 23.1 Å². The highest BCUT2D eigenvalue weighted by molar-refractivity contribution is 7.32. The number of pyridine rings is 1. The van der Waals surface area contributed by atoms with Crippen molar-refractivity contribution >= 4 is 14.2 Å². The summed E-state index contributed by atoms with van der Waals surface area (Å²) in [5, 5.41) is 13.3. The molecule has 0 spiro atoms. The van der Waals surface area contributed by atoms with Crippen molar-refractivity contribution in [2.24, 2.45) is 0 Å². The predicted octanol–water partition coefficient (Wildman–Crippen LogP) is 3.52. The van der Waals surface area contributed by atoms with Crippen LogP contribution in [0.3, 0.4) is 0 Å². The van der Waals surface area contributed by atoms with Gasteiger partial charge in [0.05, 0.1) is 6.04 Å². The molecule has 0 bridgehead atoms. The monoisotopic (exact) mass is 462 g/mol. The third-order valence-corrected chi connectivity index (χ3v) is 5.14. The highest BCUT2D eigenvalue weighted by atomic mass is 31.1. The Kier molecular flexibility index (Phi) is 6.73. The fraction of sp³-hybridized carbons (Fsp3) is 0.0435. The lowest BCUT2D eigenvalue weighted by Gasteiger charge is -2.20. The van der Waals surface area contributed by atoms with Gasteiger partial charge in [0.2, 0.25) is 5.88 Å². The maximum Gasteiger partial charge on any atom is 0.365 e. The van der Waals surface area contributed by atoms with Crippen LogP contribution in [0.5, 0.6) is 11.6 Å². The maximum absolute atomic E-state index is 13.0. The maximum atomic E-state index is 13.0. The molecule has 10 heteroatoms. The first-order valence-corrected chi connectivity index (χ1v) is 11.1. The third kappa shape index (κ3) is 5.41. The van der Waals surface area contributed by atoms with Crippen molar-refractivity contribution in [1.29, 1.82) is 0 Å². The van der Waals surface area contributed by atoms with Gasteiger partial charge in [0.15, 0.2) is 5.82 Å². The predicted molar refractivity (Wildman–Crippen MR) is 121 cm³/mol. The van der Waals surface area contributed by atoms with Gasteiger partial charge in [0.1, 0.15) is 17.0 Å². The van der Waals surface area contributed by atoms with Crippen LogP contribution >= 0.6 is 8.25 Å². The number of carbonyl (C=O) groups is 1. The summed E-state index contributed by atoms with van der Waals surface area (Å²) in [6.45, 7) is 0. The first-order chi connectivity index (χ1) is 16.0. The molecule has 2 aromatic heterocycles. The summed E-state index contributed by atoms with van der Waals surface area (Å²) in [5.74, 6) is -0.608. The molecule has 0 fully saturated rings. The van der Waals surface area contributed by atoms with E-state index in [1.54, 1.807) is 48.7 Å². The van der Waals surface area contributed by atoms with E-state index in [1.165, 1.54) is 6.20 Å². The number of nitrogens with one attached hydrogen (secondary N) is 1. The fourth-order valence-corrected chi connectivity index (χ4v) is 3.53. The highest BCUT2D eigenvalue weighted by Gasteiger charge is 2.21. The fourth-order valence-electron chi connectivity index (χ4n) is 3.19. The number of benzene rings is 2. The minimum absolute atomic E-state index is 0.0885. The molecule has 9 nitrogen and oxygen atoms in total. The summed E-state index contributed by atoms with van der Waals surface area (Å²) >= 11 is 0. The Morgan fingerprint density at radius 2 is 1.64 bits per heavy atom. The minimum atomic E-state index is -3.12. The second-order valence-electron chi connectivity index (χ2n) is 6.90. The summed E-state index contributed by atoms with van der Waals surface area (Å²) in [5.41, 5.74) is 1.87. The molecule has 3 N–H and O–H groups in total. The van der Waals surface area contributed by atoms with E-state index in [-0.39, 0.29) is 17.1 Å². The molecule has 166 valence electrons. The van der Waals surface area contributed by atoms with Crippen molar-refractivity contribution in [2.45, 2.75) is 6.04 Å². The van der Waals surface area contributed by atoms with Crippen molar-refractivity contribution < 1.29 is 23.9 Å². The van der Waals surface area contributed by atoms with Crippen LogP contribution in [0.25, 0.3) is 11.5 Å². The Hall–Kier alpha value is -4.07. The molecule has 1 amide bonds. The molecule has 2 aromatic carbocycles. The SMILES string of the molecule is O=C(NC(c1ccccc1)c1ccc(O[PH](=O)O)cc1)c1cnc(-c2ccccn2)nc1O. The topological polar surface area (TPSA) is 135 Å². The zero-order valence-electron chi connectivity index (χ0n) is 17.1. The average molecular weight is 462 g/mol. The largest absolute Gasteiger partial charge is 0.493 e. The van der Waals surface area contributed by atoms with Gasteiger partial charge < -0.3 is 19.8 Å². The number of aromatic hydroxyl groups is 1. The van der Waals surface area contributed by atoms with Crippen LogP contribution in [0.4, 0.5) is 0 Å². The molecule has 0 saturated heterocycles. The molecule has 2 atom stereocenters. The standard InChI is InChI=1S/C23H19N4O5P/c28-22(18-14-25-21(27-23(18)29)19-8-4-5-13-24-19)26-20(15-6-2-1-3-7-15)16-9-11-17(12-10-16)32-33(30)31/h1-14,20,33H,(H,26,28)(H,30,31)(H,25,27,29). The summed E-state index contributed by atoms with van der Waals surface area (Å²) < 4.78 is 15.8. The van der Waals surface area contributed by atoms with Crippen LogP contribution in [0, 0.1) is 0 Å². The summed E-state index contributed by atoms with van der Waals surface area (Å²) in [4.78, 5) is 34.3. The van der Waals surface area contributed by atoms with Gasteiger partial charge in [-0.2, -0.15) is 4.98 Å². The number of amides is 1. The van der Waals surface area contributed by atoms with Gasteiger partial charge in [-0.3, -0.25) is 9.78 Å². The Morgan fingerprint density at radius 1 is 0.939 bits per heavy atom. The first kappa shape index (κ1) is 22.1. The summed E-state index contributed by atoms with van der Waals surface area (Å²) in [7, 11) is -3.12. The molecule has 4 aromatic rings. The quantitative estimate of drug-likeness (QED) is 0.355. The van der Waals surface area contributed by atoms with Crippen LogP contribution in [-0.4, -0.2) is 30.9 Å². The van der Waals surface area contributed by atoms with E-state index in [4.69, 9.17) is 9.42 Å². The second kappa shape index (κ2) is 10.0. The lowest BCUT2D eigenvalue weighted by atomic mass is 9.98. The van der Waals surface area contributed by atoms with Crippen LogP contribution in [0.1, 0.15) is 27.5 Å². The molecule has 0 aliphatic rings. The number of aromatic nitrogens is 3. The lowest BCUT2D eigenvalue weighted by molar-refractivity contribution is 0.0939. The molecule has 4 rings (SSSR count). The molecular weight excluding hydrogens is 443 g/mol. The zero-order chi connectivity index (χ0) is 23.2. The number of carbonyl (C=O) groups excluding carboxylic acids is 1. The van der Waals surface area contributed by atoms with E-state index < -0.39 is 26.1 Å². The van der Waals surface area contributed by atoms with E-state index in [0.29, 0.717) is 11.3 Å². The van der Waals surface area contributed by atoms with Gasteiger partial charge in [0.25, 0.3) is 5.91 Å². The van der Waals surface area contributed by atoms with Crippen LogP contribution < -0.4 is 9.84 Å². The molecular formula is C23H19N4O5P. The normalized spacial score (nSPS) is 12.5. The lowest BCUT2D eigenvalue weighted by Crippen LogP contribution is -2.29. The first-order valence-electron chi connectivity index (χ1n) is 9.85. The third-order valence-electron chi connectivity index (χ3n) is 4.73. The second-order valence-corrected chi connectivity index (χ2v) is 7.64. The zero-order valence-corrected chi connectivity index (χ0v) is 18.1. The highest BCUT2D eigenvalue weighted by Crippen LogP contribution is 2.28. The minimum Gasteiger partial charge on any atom is -0.493 e. The van der Waals surface area contributed by atoms with Crippen LogP contribution in [-0.2, 0) is 4.57 Å². The van der Waals surface area contributed by atoms with E-state index >= 15 is 0 Å². The smallest absolute Gasteiger partial charge is 0.365 e. The number of rotatable bonds is 7. The van der Waals surface area contributed by atoms with Gasteiger partial charge in [-0.1, -0.05) is 48.5 Å². The number of hydrogen-bond acceptors (Lipinski definition) is 7. The molecule has 0 saturated carbocycles. The number of hydrogen-bond donors (Lipinski definition) is 3. The molecule has 2 unspecified atom stereocenters. The molecule has 0 radical (unpaired) electrons. The molecule has 0 aliphatic heterocycles. The van der Waals surface area contributed by atoms with E-state index in [0.717, 1.165) is 5.56 Å². The van der Waals surface area contributed by atoms with Crippen molar-refractivity contribution in [3.05, 3.63) is 102 Å². The summed E-state index contributed by atoms with van der Waals surface area (Å²) in [6, 6.07) is 20.3. The molecule has 0 aliphatic carbocycles. The van der Waals surface area contributed by atoms with Gasteiger partial charge in [0, 0.05) is 12.4 Å². The molecule has 2 heterocycles. The van der Waals surface area contributed by atoms with E-state index in [9.17, 15) is 14.5 Å². The van der Waals surface area contributed by atoms with Gasteiger partial charge in [-0.25, -0.2) is 9.55 Å². The Balaban J connectivity index is 1.61. The van der Waals surface area contributed by atoms with E-state index in [1.807, 2.05) is 30.3 Å².